The van der Waals surface area contributed by atoms with E-state index in [1.165, 1.54) is 0 Å². The van der Waals surface area contributed by atoms with Crippen LogP contribution in [0.3, 0.4) is 0 Å². The van der Waals surface area contributed by atoms with E-state index in [4.69, 9.17) is 0 Å². The fourth-order valence-electron chi connectivity index (χ4n) is 3.66. The van der Waals surface area contributed by atoms with Crippen LogP contribution in [-0.2, 0) is 11.3 Å². The molecule has 3 heterocycles. The third kappa shape index (κ3) is 3.55. The Kier molecular flexibility index (Phi) is 4.58. The lowest BCUT2D eigenvalue weighted by Gasteiger charge is -2.35. The van der Waals surface area contributed by atoms with E-state index in [-0.39, 0.29) is 24.6 Å². The topological polar surface area (TPSA) is 96.2 Å². The second kappa shape index (κ2) is 7.03. The standard InChI is InChI=1S/C18H24N6O2/c1-12-2-4-21-24(12)10-18(26)22-14-6-13(7-14)16-8-17(20-11-19-16)23-5-3-15(25)9-23/h2,4,8,11,13-15,25H,3,5-7,9-10H2,1H3,(H,22,26). The van der Waals surface area contributed by atoms with Crippen molar-refractivity contribution >= 4 is 11.7 Å². The summed E-state index contributed by atoms with van der Waals surface area (Å²) in [5.41, 5.74) is 2.00. The monoisotopic (exact) mass is 356 g/mol. The van der Waals surface area contributed by atoms with Crippen LogP contribution in [0.5, 0.6) is 0 Å². The van der Waals surface area contributed by atoms with E-state index in [9.17, 15) is 9.90 Å². The van der Waals surface area contributed by atoms with E-state index in [2.05, 4.69) is 25.3 Å². The highest BCUT2D eigenvalue weighted by molar-refractivity contribution is 5.76. The Morgan fingerprint density at radius 2 is 2.23 bits per heavy atom. The molecule has 1 atom stereocenters. The third-order valence-corrected chi connectivity index (χ3v) is 5.30. The van der Waals surface area contributed by atoms with Crippen molar-refractivity contribution in [3.05, 3.63) is 36.0 Å². The minimum Gasteiger partial charge on any atom is -0.391 e. The molecule has 4 rings (SSSR count). The van der Waals surface area contributed by atoms with Crippen LogP contribution in [0, 0.1) is 6.92 Å². The summed E-state index contributed by atoms with van der Waals surface area (Å²) < 4.78 is 1.70. The van der Waals surface area contributed by atoms with Crippen LogP contribution < -0.4 is 10.2 Å². The lowest BCUT2D eigenvalue weighted by atomic mass is 9.78. The van der Waals surface area contributed by atoms with E-state index in [1.807, 2.05) is 19.1 Å². The first-order valence-corrected chi connectivity index (χ1v) is 9.11. The first-order chi connectivity index (χ1) is 12.6. The van der Waals surface area contributed by atoms with Gasteiger partial charge in [-0.2, -0.15) is 5.10 Å². The summed E-state index contributed by atoms with van der Waals surface area (Å²) in [6.45, 7) is 3.65. The van der Waals surface area contributed by atoms with Gasteiger partial charge in [0.05, 0.1) is 6.10 Å². The number of hydrogen-bond acceptors (Lipinski definition) is 6. The van der Waals surface area contributed by atoms with Gasteiger partial charge in [0.2, 0.25) is 5.91 Å². The Morgan fingerprint density at radius 3 is 2.92 bits per heavy atom. The number of aliphatic hydroxyl groups excluding tert-OH is 1. The van der Waals surface area contributed by atoms with Gasteiger partial charge in [0.1, 0.15) is 18.7 Å². The van der Waals surface area contributed by atoms with E-state index >= 15 is 0 Å². The molecule has 1 aliphatic carbocycles. The molecule has 138 valence electrons. The number of nitrogens with zero attached hydrogens (tertiary/aromatic N) is 5. The predicted octanol–water partition coefficient (Wildman–Crippen LogP) is 0.615. The average Bonchev–Trinajstić information content (AvgIpc) is 3.20. The molecule has 8 nitrogen and oxygen atoms in total. The number of anilines is 1. The zero-order chi connectivity index (χ0) is 18.1. The highest BCUT2D eigenvalue weighted by Gasteiger charge is 2.33. The van der Waals surface area contributed by atoms with E-state index in [1.54, 1.807) is 17.2 Å². The van der Waals surface area contributed by atoms with Crippen LogP contribution in [-0.4, -0.2) is 56.0 Å². The second-order valence-corrected chi connectivity index (χ2v) is 7.25. The van der Waals surface area contributed by atoms with Crippen LogP contribution >= 0.6 is 0 Å². The van der Waals surface area contributed by atoms with E-state index < -0.39 is 0 Å². The van der Waals surface area contributed by atoms with Crippen molar-refractivity contribution < 1.29 is 9.90 Å². The average molecular weight is 356 g/mol. The van der Waals surface area contributed by atoms with Crippen LogP contribution in [0.15, 0.2) is 24.7 Å². The maximum atomic E-state index is 12.1. The third-order valence-electron chi connectivity index (χ3n) is 5.30. The number of amides is 1. The van der Waals surface area contributed by atoms with Crippen molar-refractivity contribution in [2.75, 3.05) is 18.0 Å². The molecule has 2 aromatic rings. The summed E-state index contributed by atoms with van der Waals surface area (Å²) in [5, 5.41) is 16.9. The van der Waals surface area contributed by atoms with Gasteiger partial charge in [-0.1, -0.05) is 0 Å². The number of aromatic nitrogens is 4. The molecule has 2 N–H and O–H groups in total. The minimum atomic E-state index is -0.268. The minimum absolute atomic E-state index is 0.00493. The predicted molar refractivity (Wildman–Crippen MR) is 95.7 cm³/mol. The normalized spacial score (nSPS) is 25.2. The SMILES string of the molecule is Cc1ccnn1CC(=O)NC1CC(c2cc(N3CCC(O)C3)ncn2)C1. The number of carbonyl (C=O) groups excluding carboxylic acids is 1. The molecule has 1 saturated heterocycles. The van der Waals surface area contributed by atoms with Crippen molar-refractivity contribution in [3.8, 4) is 0 Å². The highest BCUT2D eigenvalue weighted by Crippen LogP contribution is 2.36. The van der Waals surface area contributed by atoms with Gasteiger partial charge in [-0.05, 0) is 32.3 Å². The van der Waals surface area contributed by atoms with Gasteiger partial charge in [0.15, 0.2) is 0 Å². The maximum absolute atomic E-state index is 12.1. The summed E-state index contributed by atoms with van der Waals surface area (Å²) >= 11 is 0. The molecule has 1 saturated carbocycles. The van der Waals surface area contributed by atoms with Crippen molar-refractivity contribution in [3.63, 3.8) is 0 Å². The smallest absolute Gasteiger partial charge is 0.241 e. The fraction of sp³-hybridized carbons (Fsp3) is 0.556. The van der Waals surface area contributed by atoms with Crippen LogP contribution in [0.2, 0.25) is 0 Å². The lowest BCUT2D eigenvalue weighted by molar-refractivity contribution is -0.123. The number of carbonyl (C=O) groups is 1. The number of nitrogens with one attached hydrogen (secondary N) is 1. The molecule has 0 radical (unpaired) electrons. The number of aliphatic hydroxyl groups is 1. The van der Waals surface area contributed by atoms with Crippen molar-refractivity contribution in [1.82, 2.24) is 25.1 Å². The van der Waals surface area contributed by atoms with Crippen LogP contribution in [0.1, 0.15) is 36.6 Å². The molecule has 0 bridgehead atoms. The number of hydrogen-bond donors (Lipinski definition) is 2. The maximum Gasteiger partial charge on any atom is 0.241 e. The Morgan fingerprint density at radius 1 is 1.38 bits per heavy atom. The highest BCUT2D eigenvalue weighted by atomic mass is 16.3. The van der Waals surface area contributed by atoms with Crippen LogP contribution in [0.4, 0.5) is 5.82 Å². The first-order valence-electron chi connectivity index (χ1n) is 9.11. The molecule has 26 heavy (non-hydrogen) atoms. The van der Waals surface area contributed by atoms with E-state index in [0.29, 0.717) is 12.5 Å². The summed E-state index contributed by atoms with van der Waals surface area (Å²) in [7, 11) is 0. The summed E-state index contributed by atoms with van der Waals surface area (Å²) in [6, 6.07) is 4.10. The van der Waals surface area contributed by atoms with E-state index in [0.717, 1.165) is 43.0 Å². The van der Waals surface area contributed by atoms with Gasteiger partial charge in [0.25, 0.3) is 0 Å². The number of β-amino-alcohol motifs (C(OH)–C–C–N with tert-alkyl or cyclic N) is 1. The molecule has 1 aliphatic heterocycles. The first kappa shape index (κ1) is 17.0. The van der Waals surface area contributed by atoms with Gasteiger partial charge in [-0.25, -0.2) is 9.97 Å². The second-order valence-electron chi connectivity index (χ2n) is 7.25. The Labute approximate surface area is 152 Å². The van der Waals surface area contributed by atoms with Crippen molar-refractivity contribution in [2.24, 2.45) is 0 Å². The molecule has 1 unspecified atom stereocenters. The van der Waals surface area contributed by atoms with Gasteiger partial charge >= 0.3 is 0 Å². The summed E-state index contributed by atoms with van der Waals surface area (Å²) in [6.07, 6.45) is 5.60. The molecule has 8 heteroatoms. The number of rotatable bonds is 5. The summed E-state index contributed by atoms with van der Waals surface area (Å²) in [4.78, 5) is 23.0. The Bertz CT molecular complexity index is 785. The molecule has 2 aromatic heterocycles. The van der Waals surface area contributed by atoms with Gasteiger partial charge < -0.3 is 15.3 Å². The molecule has 2 aliphatic rings. The van der Waals surface area contributed by atoms with Gasteiger partial charge in [-0.15, -0.1) is 0 Å². The number of aryl methyl sites for hydroxylation is 1. The quantitative estimate of drug-likeness (QED) is 0.815. The molecule has 1 amide bonds. The van der Waals surface area contributed by atoms with Crippen molar-refractivity contribution in [1.29, 1.82) is 0 Å². The largest absolute Gasteiger partial charge is 0.391 e. The summed E-state index contributed by atoms with van der Waals surface area (Å²) in [5.74, 6) is 1.23. The zero-order valence-corrected chi connectivity index (χ0v) is 14.9. The molecular weight excluding hydrogens is 332 g/mol. The zero-order valence-electron chi connectivity index (χ0n) is 14.9. The molecular formula is C18H24N6O2. The molecule has 0 aromatic carbocycles. The van der Waals surface area contributed by atoms with Gasteiger partial charge in [0, 0.05) is 48.7 Å². The molecule has 0 spiro atoms. The van der Waals surface area contributed by atoms with Gasteiger partial charge in [-0.3, -0.25) is 9.48 Å². The Hall–Kier alpha value is -2.48. The van der Waals surface area contributed by atoms with Crippen molar-refractivity contribution in [2.45, 2.75) is 50.8 Å². The Balaban J connectivity index is 1.29. The molecule has 2 fully saturated rings. The lowest BCUT2D eigenvalue weighted by Crippen LogP contribution is -2.45. The fourth-order valence-corrected chi connectivity index (χ4v) is 3.66. The van der Waals surface area contributed by atoms with Crippen LogP contribution in [0.25, 0.3) is 0 Å².